The second kappa shape index (κ2) is 9.00. The first-order chi connectivity index (χ1) is 15.0. The van der Waals surface area contributed by atoms with E-state index in [1.807, 2.05) is 30.3 Å². The molecule has 0 saturated carbocycles. The minimum Gasteiger partial charge on any atom is -0.493 e. The highest BCUT2D eigenvalue weighted by Gasteiger charge is 2.30. The summed E-state index contributed by atoms with van der Waals surface area (Å²) >= 11 is 0. The third-order valence-electron chi connectivity index (χ3n) is 5.22. The Bertz CT molecular complexity index is 1130. The number of benzene rings is 2. The first-order valence-corrected chi connectivity index (χ1v) is 11.2. The number of piperazine rings is 1. The van der Waals surface area contributed by atoms with E-state index in [0.717, 1.165) is 5.69 Å². The Hall–Kier alpha value is -3.02. The predicted molar refractivity (Wildman–Crippen MR) is 113 cm³/mol. The van der Waals surface area contributed by atoms with Gasteiger partial charge in [-0.25, -0.2) is 8.42 Å². The summed E-state index contributed by atoms with van der Waals surface area (Å²) in [6.45, 7) is 2.45. The Morgan fingerprint density at radius 3 is 2.32 bits per heavy atom. The van der Waals surface area contributed by atoms with Crippen LogP contribution in [-0.2, 0) is 16.6 Å². The lowest BCUT2D eigenvalue weighted by Crippen LogP contribution is -2.48. The molecule has 1 fully saturated rings. The average Bonchev–Trinajstić information content (AvgIpc) is 3.27. The van der Waals surface area contributed by atoms with Gasteiger partial charge in [-0.1, -0.05) is 18.2 Å². The van der Waals surface area contributed by atoms with Crippen molar-refractivity contribution in [3.05, 3.63) is 54.4 Å². The van der Waals surface area contributed by atoms with Gasteiger partial charge in [0.1, 0.15) is 0 Å². The minimum absolute atomic E-state index is 0.187. The quantitative estimate of drug-likeness (QED) is 0.535. The Balaban J connectivity index is 1.43. The fourth-order valence-electron chi connectivity index (χ4n) is 3.53. The minimum atomic E-state index is -3.63. The normalized spacial score (nSPS) is 15.7. The summed E-state index contributed by atoms with van der Waals surface area (Å²) in [5.41, 5.74) is 0.886. The number of rotatable bonds is 7. The van der Waals surface area contributed by atoms with Gasteiger partial charge in [0.25, 0.3) is 0 Å². The molecular weight excluding hydrogens is 420 g/mol. The third kappa shape index (κ3) is 4.38. The number of para-hydroxylation sites is 1. The van der Waals surface area contributed by atoms with Crippen molar-refractivity contribution in [1.82, 2.24) is 29.4 Å². The molecule has 0 aliphatic carbocycles. The summed E-state index contributed by atoms with van der Waals surface area (Å²) < 4.78 is 39.8. The van der Waals surface area contributed by atoms with Gasteiger partial charge in [-0.3, -0.25) is 4.90 Å². The molecule has 0 atom stereocenters. The lowest BCUT2D eigenvalue weighted by Gasteiger charge is -2.33. The number of aromatic nitrogens is 4. The van der Waals surface area contributed by atoms with E-state index in [2.05, 4.69) is 20.4 Å². The van der Waals surface area contributed by atoms with E-state index in [9.17, 15) is 8.42 Å². The number of hydrogen-bond donors (Lipinski definition) is 0. The smallest absolute Gasteiger partial charge is 0.243 e. The zero-order valence-electron chi connectivity index (χ0n) is 17.4. The molecule has 0 N–H and O–H groups in total. The molecule has 11 heteroatoms. The van der Waals surface area contributed by atoms with Crippen LogP contribution in [0.25, 0.3) is 5.69 Å². The Morgan fingerprint density at radius 2 is 1.65 bits per heavy atom. The molecule has 1 saturated heterocycles. The first-order valence-electron chi connectivity index (χ1n) is 9.80. The van der Waals surface area contributed by atoms with Gasteiger partial charge >= 0.3 is 0 Å². The summed E-state index contributed by atoms with van der Waals surface area (Å²) in [6.07, 6.45) is 0. The lowest BCUT2D eigenvalue weighted by molar-refractivity contribution is 0.177. The largest absolute Gasteiger partial charge is 0.493 e. The van der Waals surface area contributed by atoms with Gasteiger partial charge in [-0.05, 0) is 34.7 Å². The zero-order valence-corrected chi connectivity index (χ0v) is 18.2. The summed E-state index contributed by atoms with van der Waals surface area (Å²) in [4.78, 5) is 2.33. The molecule has 0 spiro atoms. The van der Waals surface area contributed by atoms with Crippen molar-refractivity contribution < 1.29 is 17.9 Å². The van der Waals surface area contributed by atoms with E-state index in [1.165, 1.54) is 30.7 Å². The Kier molecular flexibility index (Phi) is 6.16. The van der Waals surface area contributed by atoms with Gasteiger partial charge in [0.15, 0.2) is 17.3 Å². The molecule has 0 bridgehead atoms. The van der Waals surface area contributed by atoms with E-state index < -0.39 is 10.0 Å². The molecule has 10 nitrogen and oxygen atoms in total. The zero-order chi connectivity index (χ0) is 21.8. The average molecular weight is 445 g/mol. The number of hydrogen-bond acceptors (Lipinski definition) is 8. The van der Waals surface area contributed by atoms with Crippen molar-refractivity contribution in [3.63, 3.8) is 0 Å². The molecule has 1 aliphatic heterocycles. The highest BCUT2D eigenvalue weighted by Crippen LogP contribution is 2.31. The summed E-state index contributed by atoms with van der Waals surface area (Å²) in [6, 6.07) is 14.3. The van der Waals surface area contributed by atoms with E-state index in [0.29, 0.717) is 50.0 Å². The fraction of sp³-hybridized carbons (Fsp3) is 0.350. The van der Waals surface area contributed by atoms with E-state index in [1.54, 1.807) is 10.7 Å². The van der Waals surface area contributed by atoms with Crippen LogP contribution in [0.5, 0.6) is 11.5 Å². The van der Waals surface area contributed by atoms with Gasteiger partial charge in [0.2, 0.25) is 10.0 Å². The number of nitrogens with zero attached hydrogens (tertiary/aromatic N) is 6. The monoisotopic (exact) mass is 444 g/mol. The van der Waals surface area contributed by atoms with E-state index in [-0.39, 0.29) is 4.90 Å². The van der Waals surface area contributed by atoms with Crippen molar-refractivity contribution in [2.75, 3.05) is 40.4 Å². The predicted octanol–water partition coefficient (Wildman–Crippen LogP) is 1.19. The third-order valence-corrected chi connectivity index (χ3v) is 7.12. The van der Waals surface area contributed by atoms with Crippen LogP contribution in [-0.4, -0.2) is 78.2 Å². The molecule has 2 aromatic carbocycles. The van der Waals surface area contributed by atoms with Gasteiger partial charge in [0.05, 0.1) is 31.3 Å². The van der Waals surface area contributed by atoms with Gasteiger partial charge in [0, 0.05) is 32.2 Å². The van der Waals surface area contributed by atoms with Crippen LogP contribution >= 0.6 is 0 Å². The molecule has 0 unspecified atom stereocenters. The Morgan fingerprint density at radius 1 is 0.935 bits per heavy atom. The van der Waals surface area contributed by atoms with Crippen molar-refractivity contribution >= 4 is 10.0 Å². The van der Waals surface area contributed by atoms with Crippen LogP contribution in [0.4, 0.5) is 0 Å². The van der Waals surface area contributed by atoms with Gasteiger partial charge in [-0.2, -0.15) is 8.99 Å². The second-order valence-corrected chi connectivity index (χ2v) is 8.98. The molecule has 31 heavy (non-hydrogen) atoms. The second-order valence-electron chi connectivity index (χ2n) is 7.04. The van der Waals surface area contributed by atoms with Crippen LogP contribution < -0.4 is 9.47 Å². The molecule has 3 aromatic rings. The van der Waals surface area contributed by atoms with E-state index in [4.69, 9.17) is 9.47 Å². The molecule has 0 amide bonds. The topological polar surface area (TPSA) is 103 Å². The number of sulfonamides is 1. The summed E-state index contributed by atoms with van der Waals surface area (Å²) in [7, 11) is -0.635. The SMILES string of the molecule is COc1ccc(S(=O)(=O)N2CCN(Cc3nnnn3-c3ccccc3)CC2)cc1OC. The van der Waals surface area contributed by atoms with Crippen LogP contribution in [0.2, 0.25) is 0 Å². The van der Waals surface area contributed by atoms with Crippen LogP contribution in [0.15, 0.2) is 53.4 Å². The maximum atomic E-state index is 13.1. The molecule has 0 radical (unpaired) electrons. The number of methoxy groups -OCH3 is 2. The molecule has 4 rings (SSSR count). The maximum absolute atomic E-state index is 13.1. The van der Waals surface area contributed by atoms with Crippen LogP contribution in [0, 0.1) is 0 Å². The summed E-state index contributed by atoms with van der Waals surface area (Å²) in [5, 5.41) is 12.0. The maximum Gasteiger partial charge on any atom is 0.243 e. The van der Waals surface area contributed by atoms with Crippen molar-refractivity contribution in [2.45, 2.75) is 11.4 Å². The molecule has 1 aromatic heterocycles. The molecule has 164 valence electrons. The van der Waals surface area contributed by atoms with Gasteiger partial charge in [-0.15, -0.1) is 5.10 Å². The van der Waals surface area contributed by atoms with Crippen molar-refractivity contribution in [1.29, 1.82) is 0 Å². The van der Waals surface area contributed by atoms with E-state index >= 15 is 0 Å². The first kappa shape index (κ1) is 21.2. The number of tetrazole rings is 1. The van der Waals surface area contributed by atoms with Crippen molar-refractivity contribution in [2.24, 2.45) is 0 Å². The lowest BCUT2D eigenvalue weighted by atomic mass is 10.3. The van der Waals surface area contributed by atoms with Crippen LogP contribution in [0.1, 0.15) is 5.82 Å². The fourth-order valence-corrected chi connectivity index (χ4v) is 4.97. The number of ether oxygens (including phenoxy) is 2. The molecular formula is C20H24N6O4S. The van der Waals surface area contributed by atoms with Gasteiger partial charge < -0.3 is 9.47 Å². The molecule has 2 heterocycles. The standard InChI is InChI=1S/C20H24N6O4S/c1-29-18-9-8-17(14-19(18)30-2)31(27,28)25-12-10-24(11-13-25)15-20-21-22-23-26(20)16-6-4-3-5-7-16/h3-9,14H,10-13,15H2,1-2H3. The molecule has 1 aliphatic rings. The van der Waals surface area contributed by atoms with Crippen LogP contribution in [0.3, 0.4) is 0 Å². The van der Waals surface area contributed by atoms with Crippen molar-refractivity contribution in [3.8, 4) is 17.2 Å². The Labute approximate surface area is 181 Å². The summed E-state index contributed by atoms with van der Waals surface area (Å²) in [5.74, 6) is 1.58. The highest BCUT2D eigenvalue weighted by molar-refractivity contribution is 7.89. The highest BCUT2D eigenvalue weighted by atomic mass is 32.2.